The van der Waals surface area contributed by atoms with Gasteiger partial charge in [-0.1, -0.05) is 0 Å². The summed E-state index contributed by atoms with van der Waals surface area (Å²) in [5, 5.41) is 5.22. The maximum Gasteiger partial charge on any atom is 0.261 e. The molecule has 4 nitrogen and oxygen atoms in total. The number of hydrogen-bond acceptors (Lipinski definition) is 5. The summed E-state index contributed by atoms with van der Waals surface area (Å²) in [6, 6.07) is 4.28. The fourth-order valence-electron chi connectivity index (χ4n) is 3.18. The van der Waals surface area contributed by atoms with Crippen molar-refractivity contribution in [1.29, 1.82) is 0 Å². The van der Waals surface area contributed by atoms with E-state index in [-0.39, 0.29) is 5.91 Å². The molecule has 4 rings (SSSR count). The summed E-state index contributed by atoms with van der Waals surface area (Å²) in [7, 11) is 0. The van der Waals surface area contributed by atoms with Gasteiger partial charge in [0.2, 0.25) is 0 Å². The maximum atomic E-state index is 12.4. The van der Waals surface area contributed by atoms with E-state index in [9.17, 15) is 4.79 Å². The molecule has 1 N–H and O–H groups in total. The van der Waals surface area contributed by atoms with E-state index in [1.165, 1.54) is 20.9 Å². The van der Waals surface area contributed by atoms with E-state index in [2.05, 4.69) is 27.7 Å². The Labute approximate surface area is 144 Å². The van der Waals surface area contributed by atoms with Crippen molar-refractivity contribution in [1.82, 2.24) is 10.2 Å². The Morgan fingerprint density at radius 2 is 2.17 bits per heavy atom. The zero-order valence-electron chi connectivity index (χ0n) is 13.0. The zero-order valence-corrected chi connectivity index (χ0v) is 14.6. The highest BCUT2D eigenvalue weighted by Crippen LogP contribution is 2.41. The molecule has 1 fully saturated rings. The van der Waals surface area contributed by atoms with Gasteiger partial charge in [0.05, 0.1) is 18.1 Å². The molecule has 2 aromatic rings. The van der Waals surface area contributed by atoms with Gasteiger partial charge in [0.1, 0.15) is 0 Å². The first-order valence-electron chi connectivity index (χ1n) is 8.09. The van der Waals surface area contributed by atoms with Crippen LogP contribution in [-0.4, -0.2) is 50.2 Å². The van der Waals surface area contributed by atoms with Crippen LogP contribution in [0.25, 0.3) is 10.4 Å². The van der Waals surface area contributed by atoms with Crippen molar-refractivity contribution >= 4 is 28.6 Å². The van der Waals surface area contributed by atoms with Gasteiger partial charge < -0.3 is 10.1 Å². The molecule has 2 aromatic heterocycles. The van der Waals surface area contributed by atoms with Crippen molar-refractivity contribution in [2.45, 2.75) is 12.8 Å². The van der Waals surface area contributed by atoms with Crippen molar-refractivity contribution in [3.8, 4) is 10.4 Å². The van der Waals surface area contributed by atoms with Gasteiger partial charge in [0, 0.05) is 41.5 Å². The van der Waals surface area contributed by atoms with Crippen LogP contribution in [0.5, 0.6) is 0 Å². The zero-order chi connectivity index (χ0) is 15.6. The third-order valence-electron chi connectivity index (χ3n) is 4.46. The smallest absolute Gasteiger partial charge is 0.261 e. The minimum Gasteiger partial charge on any atom is -0.379 e. The highest BCUT2D eigenvalue weighted by molar-refractivity contribution is 7.18. The van der Waals surface area contributed by atoms with E-state index in [0.717, 1.165) is 50.6 Å². The fraction of sp³-hybridized carbons (Fsp3) is 0.471. The van der Waals surface area contributed by atoms with Crippen molar-refractivity contribution in [2.24, 2.45) is 0 Å². The Bertz CT molecular complexity index is 701. The summed E-state index contributed by atoms with van der Waals surface area (Å²) < 4.78 is 5.34. The molecule has 0 bridgehead atoms. The standard InChI is InChI=1S/C17H20N2O2S2/c20-17(18-4-5-19-6-8-21-9-7-19)15-11-12-1-2-14-13(3-10-22-14)16(12)23-15/h3,10-11H,1-2,4-9H2,(H,18,20). The van der Waals surface area contributed by atoms with Crippen molar-refractivity contribution in [3.63, 3.8) is 0 Å². The van der Waals surface area contributed by atoms with Gasteiger partial charge in [0.25, 0.3) is 5.91 Å². The lowest BCUT2D eigenvalue weighted by Gasteiger charge is -2.26. The second-order valence-corrected chi connectivity index (χ2v) is 7.99. The van der Waals surface area contributed by atoms with Gasteiger partial charge in [0.15, 0.2) is 0 Å². The lowest BCUT2D eigenvalue weighted by molar-refractivity contribution is 0.0383. The minimum absolute atomic E-state index is 0.0643. The highest BCUT2D eigenvalue weighted by atomic mass is 32.1. The summed E-state index contributed by atoms with van der Waals surface area (Å²) in [4.78, 5) is 18.3. The van der Waals surface area contributed by atoms with Gasteiger partial charge in [-0.15, -0.1) is 22.7 Å². The summed E-state index contributed by atoms with van der Waals surface area (Å²) in [5.41, 5.74) is 2.67. The highest BCUT2D eigenvalue weighted by Gasteiger charge is 2.22. The molecule has 122 valence electrons. The van der Waals surface area contributed by atoms with Crippen molar-refractivity contribution in [2.75, 3.05) is 39.4 Å². The van der Waals surface area contributed by atoms with Gasteiger partial charge in [-0.3, -0.25) is 9.69 Å². The van der Waals surface area contributed by atoms with Crippen LogP contribution in [0.4, 0.5) is 0 Å². The number of morpholine rings is 1. The Morgan fingerprint density at radius 3 is 3.04 bits per heavy atom. The predicted molar refractivity (Wildman–Crippen MR) is 94.6 cm³/mol. The number of carbonyl (C=O) groups excluding carboxylic acids is 1. The molecule has 3 heterocycles. The van der Waals surface area contributed by atoms with Gasteiger partial charge >= 0.3 is 0 Å². The van der Waals surface area contributed by atoms with Gasteiger partial charge in [-0.2, -0.15) is 0 Å². The topological polar surface area (TPSA) is 41.6 Å². The van der Waals surface area contributed by atoms with Crippen molar-refractivity contribution in [3.05, 3.63) is 32.8 Å². The maximum absolute atomic E-state index is 12.4. The van der Waals surface area contributed by atoms with Crippen molar-refractivity contribution < 1.29 is 9.53 Å². The molecule has 1 aliphatic heterocycles. The number of nitrogens with zero attached hydrogens (tertiary/aromatic N) is 1. The summed E-state index contributed by atoms with van der Waals surface area (Å²) >= 11 is 3.46. The Balaban J connectivity index is 1.38. The number of amides is 1. The molecule has 1 aliphatic carbocycles. The molecule has 1 saturated heterocycles. The molecule has 1 amide bonds. The molecular formula is C17H20N2O2S2. The number of rotatable bonds is 4. The molecule has 0 atom stereocenters. The van der Waals surface area contributed by atoms with E-state index in [4.69, 9.17) is 4.74 Å². The van der Waals surface area contributed by atoms with E-state index in [1.54, 1.807) is 11.3 Å². The van der Waals surface area contributed by atoms with Crippen LogP contribution in [0.15, 0.2) is 17.5 Å². The van der Waals surface area contributed by atoms with E-state index >= 15 is 0 Å². The third kappa shape index (κ3) is 3.21. The first-order chi connectivity index (χ1) is 11.3. The number of thiophene rings is 2. The Morgan fingerprint density at radius 1 is 1.30 bits per heavy atom. The van der Waals surface area contributed by atoms with Crippen LogP contribution < -0.4 is 5.32 Å². The van der Waals surface area contributed by atoms with E-state index in [1.807, 2.05) is 11.3 Å². The molecular weight excluding hydrogens is 328 g/mol. The van der Waals surface area contributed by atoms with Crippen LogP contribution in [0.3, 0.4) is 0 Å². The third-order valence-corrected chi connectivity index (χ3v) is 6.65. The number of fused-ring (bicyclic) bond motifs is 3. The second-order valence-electron chi connectivity index (χ2n) is 5.93. The molecule has 0 unspecified atom stereocenters. The van der Waals surface area contributed by atoms with Crippen LogP contribution in [0.1, 0.15) is 20.1 Å². The summed E-state index contributed by atoms with van der Waals surface area (Å²) in [6.45, 7) is 5.12. The fourth-order valence-corrected chi connectivity index (χ4v) is 5.31. The number of ether oxygens (including phenoxy) is 1. The average molecular weight is 348 g/mol. The SMILES string of the molecule is O=C(NCCN1CCOCC1)c1cc2c(s1)-c1ccsc1CC2. The second kappa shape index (κ2) is 6.73. The normalized spacial score (nSPS) is 17.6. The number of aryl methyl sites for hydroxylation is 2. The average Bonchev–Trinajstić information content (AvgIpc) is 3.21. The summed E-state index contributed by atoms with van der Waals surface area (Å²) in [5.74, 6) is 0.0643. The predicted octanol–water partition coefficient (Wildman–Crippen LogP) is 2.64. The van der Waals surface area contributed by atoms with E-state index < -0.39 is 0 Å². The van der Waals surface area contributed by atoms with E-state index in [0.29, 0.717) is 6.54 Å². The lowest BCUT2D eigenvalue weighted by atomic mass is 9.98. The van der Waals surface area contributed by atoms with Crippen LogP contribution in [-0.2, 0) is 17.6 Å². The molecule has 0 saturated carbocycles. The monoisotopic (exact) mass is 348 g/mol. The Hall–Kier alpha value is -1.21. The molecule has 2 aliphatic rings. The number of nitrogens with one attached hydrogen (secondary N) is 1. The molecule has 23 heavy (non-hydrogen) atoms. The van der Waals surface area contributed by atoms with Crippen LogP contribution >= 0.6 is 22.7 Å². The Kier molecular flexibility index (Phi) is 4.48. The number of carbonyl (C=O) groups is 1. The minimum atomic E-state index is 0.0643. The molecule has 0 aromatic carbocycles. The number of hydrogen-bond donors (Lipinski definition) is 1. The molecule has 6 heteroatoms. The largest absolute Gasteiger partial charge is 0.379 e. The first-order valence-corrected chi connectivity index (χ1v) is 9.78. The van der Waals surface area contributed by atoms with Crippen LogP contribution in [0.2, 0.25) is 0 Å². The summed E-state index contributed by atoms with van der Waals surface area (Å²) in [6.07, 6.45) is 2.16. The molecule has 0 spiro atoms. The lowest BCUT2D eigenvalue weighted by Crippen LogP contribution is -2.41. The quantitative estimate of drug-likeness (QED) is 0.924. The van der Waals surface area contributed by atoms with Crippen LogP contribution in [0, 0.1) is 0 Å². The molecule has 0 radical (unpaired) electrons. The first kappa shape index (κ1) is 15.3. The van der Waals surface area contributed by atoms with Gasteiger partial charge in [-0.05, 0) is 35.9 Å². The van der Waals surface area contributed by atoms with Gasteiger partial charge in [-0.25, -0.2) is 0 Å².